The second-order valence-electron chi connectivity index (χ2n) is 16.2. The lowest BCUT2D eigenvalue weighted by atomic mass is 10.1. The Labute approximate surface area is 332 Å². The van der Waals surface area contributed by atoms with Gasteiger partial charge in [-0.05, 0) is 123 Å². The molecule has 14 heteroatoms. The Kier molecular flexibility index (Phi) is 11.7. The average Bonchev–Trinajstić information content (AvgIpc) is 3.79. The van der Waals surface area contributed by atoms with Crippen LogP contribution in [-0.4, -0.2) is 67.5 Å². The van der Waals surface area contributed by atoms with Crippen LogP contribution in [0.3, 0.4) is 0 Å². The van der Waals surface area contributed by atoms with Crippen LogP contribution in [0.5, 0.6) is 5.75 Å². The summed E-state index contributed by atoms with van der Waals surface area (Å²) in [5.41, 5.74) is 3.82. The van der Waals surface area contributed by atoms with Gasteiger partial charge in [-0.25, -0.2) is 29.3 Å². The third-order valence-electron chi connectivity index (χ3n) is 9.33. The summed E-state index contributed by atoms with van der Waals surface area (Å²) in [6.07, 6.45) is 4.33. The Bertz CT molecular complexity index is 2280. The number of hydrogen-bond acceptors (Lipinski definition) is 10. The molecule has 13 nitrogen and oxygen atoms in total. The number of alkyl carbamates (subject to hydrolysis) is 1. The van der Waals surface area contributed by atoms with E-state index < -0.39 is 35.3 Å². The van der Waals surface area contributed by atoms with Crippen molar-refractivity contribution in [3.05, 3.63) is 70.1 Å². The number of pyridine rings is 2. The molecule has 1 aliphatic carbocycles. The Balaban J connectivity index is 1.35. The maximum atomic E-state index is 13.0. The van der Waals surface area contributed by atoms with E-state index in [-0.39, 0.29) is 6.04 Å². The highest BCUT2D eigenvalue weighted by atomic mass is 35.5. The average molecular weight is 787 g/mol. The van der Waals surface area contributed by atoms with Gasteiger partial charge in [0.25, 0.3) is 0 Å². The second-order valence-corrected chi connectivity index (χ2v) is 16.6. The predicted octanol–water partition coefficient (Wildman–Crippen LogP) is 9.19. The largest absolute Gasteiger partial charge is 0.494 e. The number of methoxy groups -OCH3 is 2. The number of amides is 1. The minimum Gasteiger partial charge on any atom is -0.494 e. The summed E-state index contributed by atoms with van der Waals surface area (Å²) in [6, 6.07) is 12.5. The lowest BCUT2D eigenvalue weighted by Gasteiger charge is -2.22. The van der Waals surface area contributed by atoms with Crippen molar-refractivity contribution in [2.75, 3.05) is 14.2 Å². The molecule has 1 N–H and O–H groups in total. The first-order chi connectivity index (χ1) is 26.5. The third kappa shape index (κ3) is 9.26. The molecular weight excluding hydrogens is 736 g/mol. The first-order valence-corrected chi connectivity index (χ1v) is 19.4. The second kappa shape index (κ2) is 16.1. The number of nitrogens with zero attached hydrogens (tertiary/aromatic N) is 5. The van der Waals surface area contributed by atoms with Crippen molar-refractivity contribution in [2.45, 2.75) is 117 Å². The normalized spacial score (nSPS) is 13.8. The molecule has 56 heavy (non-hydrogen) atoms. The van der Waals surface area contributed by atoms with Gasteiger partial charge < -0.3 is 33.4 Å². The van der Waals surface area contributed by atoms with Crippen LogP contribution in [-0.2, 0) is 27.2 Å². The Hall–Kier alpha value is -5.17. The fourth-order valence-corrected chi connectivity index (χ4v) is 6.90. The van der Waals surface area contributed by atoms with Crippen molar-refractivity contribution in [3.63, 3.8) is 0 Å². The van der Waals surface area contributed by atoms with Crippen LogP contribution in [0.1, 0.15) is 125 Å². The van der Waals surface area contributed by atoms with E-state index >= 15 is 0 Å². The van der Waals surface area contributed by atoms with Crippen LogP contribution in [0, 0.1) is 0 Å². The summed E-state index contributed by atoms with van der Waals surface area (Å²) in [7, 11) is 2.94. The molecule has 5 aromatic rings. The number of imidazole rings is 1. The highest BCUT2D eigenvalue weighted by Crippen LogP contribution is 2.45. The molecule has 6 rings (SSSR count). The summed E-state index contributed by atoms with van der Waals surface area (Å²) in [5.74, 6) is 0.386. The van der Waals surface area contributed by atoms with Gasteiger partial charge in [0.15, 0.2) is 5.82 Å². The number of carbonyl (C=O) groups excluding carboxylic acids is 3. The van der Waals surface area contributed by atoms with E-state index in [2.05, 4.69) is 25.5 Å². The molecule has 1 atom stereocenters. The molecule has 0 spiro atoms. The molecule has 0 aliphatic heterocycles. The number of esters is 2. The zero-order valence-electron chi connectivity index (χ0n) is 33.6. The van der Waals surface area contributed by atoms with E-state index in [1.54, 1.807) is 31.4 Å². The zero-order valence-corrected chi connectivity index (χ0v) is 34.4. The summed E-state index contributed by atoms with van der Waals surface area (Å²) in [5, 5.41) is 4.15. The van der Waals surface area contributed by atoms with Gasteiger partial charge in [0.2, 0.25) is 0 Å². The van der Waals surface area contributed by atoms with Crippen molar-refractivity contribution in [3.8, 4) is 17.3 Å². The minimum absolute atomic E-state index is 0.213. The maximum absolute atomic E-state index is 13.0. The first-order valence-electron chi connectivity index (χ1n) is 19.0. The summed E-state index contributed by atoms with van der Waals surface area (Å²) < 4.78 is 26.4. The molecule has 4 heterocycles. The van der Waals surface area contributed by atoms with E-state index in [1.807, 2.05) is 60.6 Å². The van der Waals surface area contributed by atoms with E-state index in [9.17, 15) is 14.4 Å². The number of benzene rings is 1. The maximum Gasteiger partial charge on any atom is 0.408 e. The highest BCUT2D eigenvalue weighted by Gasteiger charge is 2.33. The van der Waals surface area contributed by atoms with Crippen LogP contribution in [0.25, 0.3) is 33.6 Å². The SMILES string of the molecule is COC(=O)c1cc(OC)c2c(c1)nc(-c1cc3ccc([C@@H](C)NC(=O)OC(C)(C)C)nc3n1CCCCCc1nc(Cl)ccc1C(=O)OC(C)(C)C)n2C1CC1. The van der Waals surface area contributed by atoms with Crippen LogP contribution in [0.4, 0.5) is 4.79 Å². The van der Waals surface area contributed by atoms with Crippen LogP contribution in [0.15, 0.2) is 42.5 Å². The number of carbonyl (C=O) groups is 3. The van der Waals surface area contributed by atoms with Gasteiger partial charge in [0.05, 0.1) is 54.0 Å². The van der Waals surface area contributed by atoms with E-state index in [0.717, 1.165) is 60.2 Å². The molecule has 1 fully saturated rings. The smallest absolute Gasteiger partial charge is 0.408 e. The number of unbranched alkanes of at least 4 members (excludes halogenated alkanes) is 2. The van der Waals surface area contributed by atoms with Gasteiger partial charge in [-0.2, -0.15) is 0 Å². The fourth-order valence-electron chi connectivity index (χ4n) is 6.73. The van der Waals surface area contributed by atoms with Crippen molar-refractivity contribution in [1.82, 2.24) is 29.4 Å². The van der Waals surface area contributed by atoms with Crippen molar-refractivity contribution in [2.24, 2.45) is 0 Å². The number of fused-ring (bicyclic) bond motifs is 2. The predicted molar refractivity (Wildman–Crippen MR) is 214 cm³/mol. The summed E-state index contributed by atoms with van der Waals surface area (Å²) in [4.78, 5) is 53.0. The molecule has 1 saturated carbocycles. The molecule has 298 valence electrons. The van der Waals surface area contributed by atoms with Gasteiger partial charge in [0, 0.05) is 18.0 Å². The van der Waals surface area contributed by atoms with E-state index in [4.69, 9.17) is 40.5 Å². The molecule has 0 bridgehead atoms. The summed E-state index contributed by atoms with van der Waals surface area (Å²) >= 11 is 6.26. The Morgan fingerprint density at radius 2 is 1.62 bits per heavy atom. The number of rotatable bonds is 13. The molecule has 0 radical (unpaired) electrons. The van der Waals surface area contributed by atoms with Crippen molar-refractivity contribution in [1.29, 1.82) is 0 Å². The van der Waals surface area contributed by atoms with Gasteiger partial charge in [0.1, 0.15) is 33.3 Å². The minimum atomic E-state index is -0.641. The third-order valence-corrected chi connectivity index (χ3v) is 9.54. The quantitative estimate of drug-likeness (QED) is 0.0530. The molecule has 1 aromatic carbocycles. The van der Waals surface area contributed by atoms with Gasteiger partial charge in [-0.3, -0.25) is 0 Å². The molecule has 1 amide bonds. The van der Waals surface area contributed by atoms with Gasteiger partial charge in [-0.15, -0.1) is 0 Å². The lowest BCUT2D eigenvalue weighted by molar-refractivity contribution is 0.00671. The fraction of sp³-hybridized carbons (Fsp3) is 0.476. The molecule has 0 unspecified atom stereocenters. The standard InChI is InChI=1S/C42H51ClN6O7/c1-24(44-40(52)56-42(5,6)7)29-18-14-25-22-32(37-47-31-21-26(38(50)54-9)23-33(53-8)35(31)49(37)27-15-16-27)48(36(25)46-29)20-12-10-11-13-30-28(17-19-34(43)45-30)39(51)55-41(2,3)4/h14,17-19,21-24,27H,10-13,15-16,20H2,1-9H3,(H,44,52)/t24-/m1/s1. The Morgan fingerprint density at radius 3 is 2.29 bits per heavy atom. The number of ether oxygens (including phenoxy) is 4. The monoisotopic (exact) mass is 786 g/mol. The highest BCUT2D eigenvalue weighted by molar-refractivity contribution is 6.29. The summed E-state index contributed by atoms with van der Waals surface area (Å²) in [6.45, 7) is 13.4. The van der Waals surface area contributed by atoms with Crippen molar-refractivity contribution >= 4 is 51.7 Å². The van der Waals surface area contributed by atoms with Crippen LogP contribution < -0.4 is 10.1 Å². The number of hydrogen-bond donors (Lipinski definition) is 1. The number of halogens is 1. The Morgan fingerprint density at radius 1 is 0.893 bits per heavy atom. The van der Waals surface area contributed by atoms with E-state index in [0.29, 0.717) is 51.9 Å². The number of aryl methyl sites for hydroxylation is 2. The van der Waals surface area contributed by atoms with Gasteiger partial charge >= 0.3 is 18.0 Å². The molecule has 0 saturated heterocycles. The number of aromatic nitrogens is 5. The van der Waals surface area contributed by atoms with Crippen LogP contribution in [0.2, 0.25) is 5.15 Å². The topological polar surface area (TPSA) is 149 Å². The molecular formula is C42H51ClN6O7. The zero-order chi connectivity index (χ0) is 40.5. The lowest BCUT2D eigenvalue weighted by Crippen LogP contribution is -2.34. The molecule has 1 aliphatic rings. The van der Waals surface area contributed by atoms with Crippen LogP contribution >= 0.6 is 11.6 Å². The number of nitrogens with one attached hydrogen (secondary N) is 1. The first kappa shape index (κ1) is 40.5. The van der Waals surface area contributed by atoms with Crippen molar-refractivity contribution < 1.29 is 33.3 Å². The van der Waals surface area contributed by atoms with Gasteiger partial charge in [-0.1, -0.05) is 18.0 Å². The molecule has 4 aromatic heterocycles. The van der Waals surface area contributed by atoms with E-state index in [1.165, 1.54) is 7.11 Å².